The van der Waals surface area contributed by atoms with Crippen LogP contribution in [-0.4, -0.2) is 59.2 Å². The van der Waals surface area contributed by atoms with Crippen molar-refractivity contribution in [3.63, 3.8) is 0 Å². The third-order valence-corrected chi connectivity index (χ3v) is 5.76. The minimum absolute atomic E-state index is 0.0345. The quantitative estimate of drug-likeness (QED) is 0.641. The number of carbonyl (C=O) groups is 4. The predicted octanol–water partition coefficient (Wildman–Crippen LogP) is 1.39. The number of nitrogens with one attached hydrogen (secondary N) is 1. The Morgan fingerprint density at radius 3 is 2.74 bits per heavy atom. The number of amides is 4. The highest BCUT2D eigenvalue weighted by Gasteiger charge is 2.40. The molecule has 0 aliphatic carbocycles. The molecular weight excluding hydrogens is 438 g/mol. The molecule has 4 amide bonds. The monoisotopic (exact) mass is 469 g/mol. The van der Waals surface area contributed by atoms with Crippen LogP contribution in [0.1, 0.15) is 46.6 Å². The zero-order valence-electron chi connectivity index (χ0n) is 24.1. The van der Waals surface area contributed by atoms with E-state index in [0.717, 1.165) is 11.1 Å². The number of benzene rings is 2. The second-order valence-corrected chi connectivity index (χ2v) is 7.97. The fourth-order valence-corrected chi connectivity index (χ4v) is 3.98. The second-order valence-electron chi connectivity index (χ2n) is 7.97. The Bertz CT molecular complexity index is 1400. The summed E-state index contributed by atoms with van der Waals surface area (Å²) in [7, 11) is 0. The van der Waals surface area contributed by atoms with Crippen LogP contribution in [0.4, 0.5) is 0 Å². The second kappa shape index (κ2) is 9.26. The van der Waals surface area contributed by atoms with Gasteiger partial charge in [0.25, 0.3) is 5.91 Å². The molecule has 176 valence electrons. The lowest BCUT2D eigenvalue weighted by Gasteiger charge is -2.29. The van der Waals surface area contributed by atoms with Crippen molar-refractivity contribution in [2.75, 3.05) is 19.8 Å². The Hall–Kier alpha value is -3.72. The Morgan fingerprint density at radius 2 is 1.94 bits per heavy atom. The molecule has 2 saturated heterocycles. The van der Waals surface area contributed by atoms with E-state index >= 15 is 0 Å². The number of ether oxygens (including phenoxy) is 2. The van der Waals surface area contributed by atoms with E-state index in [-0.39, 0.29) is 41.3 Å². The summed E-state index contributed by atoms with van der Waals surface area (Å²) in [4.78, 5) is 52.5. The maximum atomic E-state index is 13.3. The Kier molecular flexibility index (Phi) is 4.36. The Balaban J connectivity index is 1.34. The highest BCUT2D eigenvalue weighted by Crippen LogP contribution is 2.34. The van der Waals surface area contributed by atoms with Gasteiger partial charge in [0.15, 0.2) is 1.41 Å². The molecule has 5 rings (SSSR count). The minimum atomic E-state index is -3.46. The molecule has 9 heteroatoms. The minimum Gasteiger partial charge on any atom is -0.489 e. The summed E-state index contributed by atoms with van der Waals surface area (Å²) in [6.45, 7) is 1.15. The van der Waals surface area contributed by atoms with Gasteiger partial charge >= 0.3 is 0 Å². The summed E-state index contributed by atoms with van der Waals surface area (Å²) < 4.78 is 59.8. The molecule has 0 spiro atoms. The lowest BCUT2D eigenvalue weighted by molar-refractivity contribution is -0.143. The normalized spacial score (nSPS) is 28.4. The van der Waals surface area contributed by atoms with Crippen molar-refractivity contribution in [3.05, 3.63) is 64.7 Å². The summed E-state index contributed by atoms with van der Waals surface area (Å²) in [6.07, 6.45) is -6.88. The molecule has 2 aromatic rings. The molecule has 0 bridgehead atoms. The number of carbonyl (C=O) groups excluding carboxylic acids is 4. The van der Waals surface area contributed by atoms with Gasteiger partial charge in [-0.15, -0.1) is 0 Å². The number of fused-ring (bicyclic) bond motifs is 1. The summed E-state index contributed by atoms with van der Waals surface area (Å²) in [5.74, 6) is -4.17. The molecule has 9 nitrogen and oxygen atoms in total. The number of piperidine rings is 1. The van der Waals surface area contributed by atoms with Gasteiger partial charge in [-0.25, -0.2) is 0 Å². The Labute approximate surface area is 205 Å². The summed E-state index contributed by atoms with van der Waals surface area (Å²) in [5.41, 5.74) is 2.00. The lowest BCUT2D eigenvalue weighted by atomic mass is 10.0. The zero-order chi connectivity index (χ0) is 29.0. The molecule has 2 aromatic carbocycles. The van der Waals surface area contributed by atoms with E-state index in [4.69, 9.17) is 17.7 Å². The van der Waals surface area contributed by atoms with Gasteiger partial charge in [0.2, 0.25) is 17.7 Å². The van der Waals surface area contributed by atoms with Crippen LogP contribution in [0.2, 0.25) is 1.41 Å². The van der Waals surface area contributed by atoms with Gasteiger partial charge in [0, 0.05) is 36.1 Å². The molecule has 1 unspecified atom stereocenters. The van der Waals surface area contributed by atoms with Crippen molar-refractivity contribution in [3.8, 4) is 5.75 Å². The first-order valence-corrected chi connectivity index (χ1v) is 10.7. The van der Waals surface area contributed by atoms with E-state index in [9.17, 15) is 19.2 Å². The summed E-state index contributed by atoms with van der Waals surface area (Å²) >= 11 is 0. The number of rotatable bonds is 6. The van der Waals surface area contributed by atoms with E-state index in [1.165, 1.54) is 12.1 Å². The summed E-state index contributed by atoms with van der Waals surface area (Å²) in [6, 6.07) is 8.67. The van der Waals surface area contributed by atoms with Crippen molar-refractivity contribution in [2.45, 2.75) is 38.5 Å². The molecule has 0 aromatic heterocycles. The topological polar surface area (TPSA) is 105 Å². The molecule has 1 atom stereocenters. The van der Waals surface area contributed by atoms with Crippen LogP contribution >= 0.6 is 0 Å². The molecule has 3 heterocycles. The molecule has 0 saturated carbocycles. The maximum absolute atomic E-state index is 13.3. The van der Waals surface area contributed by atoms with Crippen molar-refractivity contribution >= 4 is 23.6 Å². The van der Waals surface area contributed by atoms with E-state index in [1.54, 1.807) is 11.0 Å². The molecule has 3 aliphatic rings. The number of imide groups is 1. The highest BCUT2D eigenvalue weighted by molar-refractivity contribution is 6.05. The largest absolute Gasteiger partial charge is 0.489 e. The van der Waals surface area contributed by atoms with Gasteiger partial charge in [0.1, 0.15) is 25.0 Å². The van der Waals surface area contributed by atoms with Crippen molar-refractivity contribution in [1.29, 1.82) is 0 Å². The zero-order valence-corrected chi connectivity index (χ0v) is 18.1. The van der Waals surface area contributed by atoms with Gasteiger partial charge in [-0.2, -0.15) is 0 Å². The average molecular weight is 470 g/mol. The first-order valence-electron chi connectivity index (χ1n) is 13.6. The van der Waals surface area contributed by atoms with Crippen molar-refractivity contribution in [2.24, 2.45) is 0 Å². The Morgan fingerprint density at radius 1 is 1.15 bits per heavy atom. The van der Waals surface area contributed by atoms with Crippen LogP contribution < -0.4 is 10.0 Å². The highest BCUT2D eigenvalue weighted by atomic mass is 16.5. The van der Waals surface area contributed by atoms with Crippen molar-refractivity contribution < 1.29 is 36.9 Å². The molecule has 34 heavy (non-hydrogen) atoms. The first-order chi connectivity index (χ1) is 18.8. The number of nitrogens with zero attached hydrogens (tertiary/aromatic N) is 2. The maximum Gasteiger partial charge on any atom is 0.255 e. The van der Waals surface area contributed by atoms with Crippen LogP contribution in [0.3, 0.4) is 0 Å². The molecule has 1 N–H and O–H groups in total. The van der Waals surface area contributed by atoms with Gasteiger partial charge < -0.3 is 19.3 Å². The van der Waals surface area contributed by atoms with Crippen LogP contribution in [0.15, 0.2) is 42.5 Å². The molecular formula is C25H25N3O6. The number of hydrogen-bond donors (Lipinski definition) is 1. The summed E-state index contributed by atoms with van der Waals surface area (Å²) in [5, 5.41) is -0.388. The molecule has 0 radical (unpaired) electrons. The first kappa shape index (κ1) is 16.0. The van der Waals surface area contributed by atoms with Crippen molar-refractivity contribution in [1.82, 2.24) is 15.1 Å². The third-order valence-electron chi connectivity index (χ3n) is 5.76. The van der Waals surface area contributed by atoms with Gasteiger partial charge in [-0.05, 0) is 29.6 Å². The average Bonchev–Trinajstić information content (AvgIpc) is 3.28. The third kappa shape index (κ3) is 4.38. The van der Waals surface area contributed by atoms with Gasteiger partial charge in [-0.3, -0.25) is 24.5 Å². The van der Waals surface area contributed by atoms with E-state index < -0.39 is 43.0 Å². The van der Waals surface area contributed by atoms with Crippen LogP contribution in [0, 0.1) is 0 Å². The fraction of sp³-hybridized carbons (Fsp3) is 0.360. The molecule has 2 fully saturated rings. The van der Waals surface area contributed by atoms with E-state index in [0.29, 0.717) is 24.6 Å². The number of hydrogen-bond acceptors (Lipinski definition) is 6. The smallest absolute Gasteiger partial charge is 0.255 e. The predicted molar refractivity (Wildman–Crippen MR) is 119 cm³/mol. The van der Waals surface area contributed by atoms with Gasteiger partial charge in [0.05, 0.1) is 14.5 Å². The van der Waals surface area contributed by atoms with Crippen LogP contribution in [-0.2, 0) is 38.8 Å². The van der Waals surface area contributed by atoms with E-state index in [2.05, 4.69) is 0 Å². The van der Waals surface area contributed by atoms with Crippen LogP contribution in [0.25, 0.3) is 0 Å². The van der Waals surface area contributed by atoms with Crippen LogP contribution in [0.5, 0.6) is 5.75 Å². The SMILES string of the molecule is [2H]N1C(=O)C([2H])([2H])C([2H])([2H])C([2H])(N2Cc3c(OCc4ccc(CN5CCOCC5=O)cc4)cccc3C2=O)C1=O. The standard InChI is InChI=1S/C25H25N3O6/c29-22-9-8-20(24(31)26-22)28-13-19-18(25(28)32)2-1-3-21(19)34-14-17-6-4-16(5-7-17)12-27-10-11-33-15-23(27)30/h1-7,20H,8-15H2,(H,26,29,31)/i8D2,9D2,20D/hD. The van der Waals surface area contributed by atoms with Gasteiger partial charge in [-0.1, -0.05) is 30.3 Å². The lowest BCUT2D eigenvalue weighted by Crippen LogP contribution is -2.52. The van der Waals surface area contributed by atoms with E-state index in [1.807, 2.05) is 24.3 Å². The fourth-order valence-electron chi connectivity index (χ4n) is 3.98. The molecule has 3 aliphatic heterocycles. The number of morpholine rings is 1.